The third-order valence-electron chi connectivity index (χ3n) is 6.39. The second-order valence-electron chi connectivity index (χ2n) is 8.25. The maximum Gasteiger partial charge on any atom is 0.263 e. The second-order valence-corrected chi connectivity index (χ2v) is 10.3. The van der Waals surface area contributed by atoms with Gasteiger partial charge in [-0.05, 0) is 80.3 Å². The monoisotopic (exact) mass is 432 g/mol. The van der Waals surface area contributed by atoms with Gasteiger partial charge in [-0.2, -0.15) is 0 Å². The number of sulfonamides is 1. The van der Waals surface area contributed by atoms with Crippen molar-refractivity contribution in [3.8, 4) is 0 Å². The number of hydrogen-bond acceptors (Lipinski definition) is 3. The SMILES string of the molecule is Cc1cccc(NS(=O)(=O)c2cc(C(=O)N[C@@H]3C[C@@H]4CC[C@@H]3C4)ccc2Cl)c1C. The third-order valence-corrected chi connectivity index (χ3v) is 8.23. The normalized spacial score (nSPS) is 23.2. The largest absolute Gasteiger partial charge is 0.349 e. The van der Waals surface area contributed by atoms with E-state index < -0.39 is 10.0 Å². The van der Waals surface area contributed by atoms with Crippen LogP contribution in [0.15, 0.2) is 41.3 Å². The van der Waals surface area contributed by atoms with Crippen molar-refractivity contribution < 1.29 is 13.2 Å². The highest BCUT2D eigenvalue weighted by atomic mass is 35.5. The zero-order valence-corrected chi connectivity index (χ0v) is 18.1. The van der Waals surface area contributed by atoms with E-state index in [1.54, 1.807) is 18.2 Å². The average Bonchev–Trinajstić information content (AvgIpc) is 3.28. The van der Waals surface area contributed by atoms with Crippen LogP contribution in [0.4, 0.5) is 5.69 Å². The molecule has 5 nitrogen and oxygen atoms in total. The van der Waals surface area contributed by atoms with Crippen molar-refractivity contribution in [2.45, 2.75) is 50.5 Å². The topological polar surface area (TPSA) is 75.3 Å². The summed E-state index contributed by atoms with van der Waals surface area (Å²) in [5.41, 5.74) is 2.63. The highest BCUT2D eigenvalue weighted by molar-refractivity contribution is 7.92. The van der Waals surface area contributed by atoms with E-state index in [0.717, 1.165) is 24.0 Å². The summed E-state index contributed by atoms with van der Waals surface area (Å²) in [5, 5.41) is 3.18. The quantitative estimate of drug-likeness (QED) is 0.720. The third kappa shape index (κ3) is 4.01. The predicted octanol–water partition coefficient (Wildman–Crippen LogP) is 4.68. The molecule has 29 heavy (non-hydrogen) atoms. The van der Waals surface area contributed by atoms with Gasteiger partial charge in [0.2, 0.25) is 0 Å². The number of carbonyl (C=O) groups is 1. The van der Waals surface area contributed by atoms with Gasteiger partial charge in [0.1, 0.15) is 4.90 Å². The Hall–Kier alpha value is -2.05. The lowest BCUT2D eigenvalue weighted by atomic mass is 9.95. The fourth-order valence-corrected chi connectivity index (χ4v) is 6.23. The minimum atomic E-state index is -3.94. The van der Waals surface area contributed by atoms with Crippen LogP contribution >= 0.6 is 11.6 Å². The number of aryl methyl sites for hydroxylation is 1. The molecule has 3 atom stereocenters. The Labute approximate surface area is 176 Å². The first-order chi connectivity index (χ1) is 13.7. The van der Waals surface area contributed by atoms with Gasteiger partial charge in [0, 0.05) is 11.6 Å². The molecule has 2 aliphatic carbocycles. The van der Waals surface area contributed by atoms with Gasteiger partial charge in [-0.25, -0.2) is 8.42 Å². The molecule has 2 fully saturated rings. The summed E-state index contributed by atoms with van der Waals surface area (Å²) in [4.78, 5) is 12.7. The van der Waals surface area contributed by atoms with E-state index >= 15 is 0 Å². The molecule has 0 spiro atoms. The summed E-state index contributed by atoms with van der Waals surface area (Å²) in [6.07, 6.45) is 4.62. The molecule has 0 aliphatic heterocycles. The molecular weight excluding hydrogens is 408 g/mol. The highest BCUT2D eigenvalue weighted by Gasteiger charge is 2.40. The lowest BCUT2D eigenvalue weighted by molar-refractivity contribution is 0.0922. The Morgan fingerprint density at radius 2 is 1.90 bits per heavy atom. The number of rotatable bonds is 5. The highest BCUT2D eigenvalue weighted by Crippen LogP contribution is 2.44. The van der Waals surface area contributed by atoms with Crippen LogP contribution in [0.5, 0.6) is 0 Å². The van der Waals surface area contributed by atoms with Crippen LogP contribution in [0.1, 0.15) is 47.2 Å². The standard InChI is InChI=1S/C22H25ClN2O3S/c1-13-4-3-5-19(14(13)2)25-29(27,28)21-12-17(8-9-18(21)23)22(26)24-20-11-15-6-7-16(20)10-15/h3-5,8-9,12,15-16,20,25H,6-7,10-11H2,1-2H3,(H,24,26)/t15-,16-,20-/m1/s1. The Morgan fingerprint density at radius 1 is 1.10 bits per heavy atom. The maximum absolute atomic E-state index is 13.0. The summed E-state index contributed by atoms with van der Waals surface area (Å²) < 4.78 is 28.6. The summed E-state index contributed by atoms with van der Waals surface area (Å²) in [5.74, 6) is 1.01. The maximum atomic E-state index is 13.0. The van der Waals surface area contributed by atoms with E-state index in [1.165, 1.54) is 25.0 Å². The van der Waals surface area contributed by atoms with Crippen molar-refractivity contribution >= 4 is 33.2 Å². The number of fused-ring (bicyclic) bond motifs is 2. The molecule has 2 saturated carbocycles. The van der Waals surface area contributed by atoms with E-state index in [4.69, 9.17) is 11.6 Å². The smallest absolute Gasteiger partial charge is 0.263 e. The molecule has 154 valence electrons. The van der Waals surface area contributed by atoms with Gasteiger partial charge in [-0.15, -0.1) is 0 Å². The fourth-order valence-electron chi connectivity index (χ4n) is 4.59. The molecule has 2 N–H and O–H groups in total. The molecule has 2 aromatic carbocycles. The van der Waals surface area contributed by atoms with Gasteiger partial charge in [-0.3, -0.25) is 9.52 Å². The van der Waals surface area contributed by atoms with E-state index in [9.17, 15) is 13.2 Å². The van der Waals surface area contributed by atoms with Crippen LogP contribution in [0.25, 0.3) is 0 Å². The van der Waals surface area contributed by atoms with Gasteiger partial charge in [0.05, 0.1) is 10.7 Å². The molecule has 0 aromatic heterocycles. The summed E-state index contributed by atoms with van der Waals surface area (Å²) >= 11 is 6.19. The van der Waals surface area contributed by atoms with Crippen molar-refractivity contribution in [3.05, 3.63) is 58.1 Å². The zero-order chi connectivity index (χ0) is 20.8. The van der Waals surface area contributed by atoms with Crippen molar-refractivity contribution in [1.29, 1.82) is 0 Å². The Kier molecular flexibility index (Phi) is 5.34. The fraction of sp³-hybridized carbons (Fsp3) is 0.409. The van der Waals surface area contributed by atoms with E-state index in [2.05, 4.69) is 10.0 Å². The van der Waals surface area contributed by atoms with Crippen LogP contribution in [0.3, 0.4) is 0 Å². The molecule has 0 heterocycles. The van der Waals surface area contributed by atoms with Crippen molar-refractivity contribution in [3.63, 3.8) is 0 Å². The number of carbonyl (C=O) groups excluding carboxylic acids is 1. The Balaban J connectivity index is 1.57. The minimum Gasteiger partial charge on any atom is -0.349 e. The molecule has 2 aliphatic rings. The van der Waals surface area contributed by atoms with Crippen LogP contribution in [0.2, 0.25) is 5.02 Å². The molecule has 7 heteroatoms. The first-order valence-corrected chi connectivity index (χ1v) is 11.8. The number of amides is 1. The average molecular weight is 433 g/mol. The summed E-state index contributed by atoms with van der Waals surface area (Å²) in [6.45, 7) is 3.77. The molecule has 0 unspecified atom stereocenters. The van der Waals surface area contributed by atoms with Crippen molar-refractivity contribution in [2.75, 3.05) is 4.72 Å². The number of nitrogens with one attached hydrogen (secondary N) is 2. The van der Waals surface area contributed by atoms with Crippen LogP contribution in [0, 0.1) is 25.7 Å². The lowest BCUT2D eigenvalue weighted by Crippen LogP contribution is -2.38. The Bertz CT molecular complexity index is 1070. The van der Waals surface area contributed by atoms with Crippen LogP contribution < -0.4 is 10.0 Å². The van der Waals surface area contributed by atoms with E-state index in [0.29, 0.717) is 23.1 Å². The van der Waals surface area contributed by atoms with Gasteiger partial charge >= 0.3 is 0 Å². The molecule has 0 saturated heterocycles. The van der Waals surface area contributed by atoms with Gasteiger partial charge < -0.3 is 5.32 Å². The molecular formula is C22H25ClN2O3S. The first kappa shape index (κ1) is 20.2. The van der Waals surface area contributed by atoms with Crippen molar-refractivity contribution in [1.82, 2.24) is 5.32 Å². The predicted molar refractivity (Wildman–Crippen MR) is 115 cm³/mol. The van der Waals surface area contributed by atoms with E-state index in [1.807, 2.05) is 19.9 Å². The Morgan fingerprint density at radius 3 is 2.59 bits per heavy atom. The zero-order valence-electron chi connectivity index (χ0n) is 16.5. The lowest BCUT2D eigenvalue weighted by Gasteiger charge is -2.23. The number of anilines is 1. The molecule has 1 amide bonds. The van der Waals surface area contributed by atoms with Crippen molar-refractivity contribution in [2.24, 2.45) is 11.8 Å². The van der Waals surface area contributed by atoms with E-state index in [-0.39, 0.29) is 21.9 Å². The molecule has 2 bridgehead atoms. The minimum absolute atomic E-state index is 0.0827. The van der Waals surface area contributed by atoms with Crippen LogP contribution in [-0.4, -0.2) is 20.4 Å². The first-order valence-electron chi connectivity index (χ1n) is 9.94. The molecule has 4 rings (SSSR count). The number of halogens is 1. The number of hydrogen-bond donors (Lipinski definition) is 2. The summed E-state index contributed by atoms with van der Waals surface area (Å²) in [7, 11) is -3.94. The summed E-state index contributed by atoms with van der Waals surface area (Å²) in [6, 6.07) is 10.0. The van der Waals surface area contributed by atoms with Gasteiger partial charge in [0.25, 0.3) is 15.9 Å². The van der Waals surface area contributed by atoms with Crippen LogP contribution in [-0.2, 0) is 10.0 Å². The molecule has 0 radical (unpaired) electrons. The second kappa shape index (κ2) is 7.65. The van der Waals surface area contributed by atoms with Gasteiger partial charge in [-0.1, -0.05) is 30.2 Å². The number of benzene rings is 2. The molecule has 2 aromatic rings. The van der Waals surface area contributed by atoms with Gasteiger partial charge in [0.15, 0.2) is 0 Å².